The fourth-order valence-electron chi connectivity index (χ4n) is 0.813. The van der Waals surface area contributed by atoms with Gasteiger partial charge in [-0.3, -0.25) is 4.72 Å². The molecule has 4 N–H and O–H groups in total. The average molecular weight is 280 g/mol. The Hall–Kier alpha value is -0.790. The second-order valence-electron chi connectivity index (χ2n) is 2.55. The molecule has 0 radical (unpaired) electrons. The zero-order valence-electron chi connectivity index (χ0n) is 7.41. The molecule has 5 nitrogen and oxygen atoms in total. The minimum Gasteiger partial charge on any atom is -0.398 e. The van der Waals surface area contributed by atoms with Crippen molar-refractivity contribution in [1.82, 2.24) is 4.72 Å². The lowest BCUT2D eigenvalue weighted by atomic mass is 10.3. The third kappa shape index (κ3) is 2.86. The summed E-state index contributed by atoms with van der Waals surface area (Å²) < 4.78 is 27.3. The van der Waals surface area contributed by atoms with Gasteiger partial charge in [0.05, 0.1) is 5.69 Å². The minimum absolute atomic E-state index is 0.417. The van der Waals surface area contributed by atoms with E-state index in [4.69, 9.17) is 5.73 Å². The van der Waals surface area contributed by atoms with E-state index in [9.17, 15) is 8.42 Å². The number of nitrogens with one attached hydrogen (secondary N) is 2. The molecule has 0 amide bonds. The standard InChI is InChI=1S/C7H10BrN3O2S/c1-10-14(12,13)11-5-2-3-6(8)7(9)4-5/h2-4,10-11H,9H2,1H3. The maximum atomic E-state index is 11.1. The molecule has 0 fully saturated rings. The fraction of sp³-hybridized carbons (Fsp3) is 0.143. The highest BCUT2D eigenvalue weighted by Crippen LogP contribution is 2.23. The Bertz CT molecular complexity index is 433. The quantitative estimate of drug-likeness (QED) is 0.719. The van der Waals surface area contributed by atoms with Crippen molar-refractivity contribution >= 4 is 37.5 Å². The van der Waals surface area contributed by atoms with Crippen molar-refractivity contribution in [3.05, 3.63) is 22.7 Å². The smallest absolute Gasteiger partial charge is 0.298 e. The first-order valence-electron chi connectivity index (χ1n) is 3.71. The summed E-state index contributed by atoms with van der Waals surface area (Å²) in [7, 11) is -2.15. The van der Waals surface area contributed by atoms with Gasteiger partial charge in [-0.05, 0) is 34.1 Å². The number of hydrogen-bond acceptors (Lipinski definition) is 3. The van der Waals surface area contributed by atoms with Gasteiger partial charge >= 0.3 is 0 Å². The summed E-state index contributed by atoms with van der Waals surface area (Å²) in [5.41, 5.74) is 6.47. The molecular formula is C7H10BrN3O2S. The number of rotatable bonds is 3. The van der Waals surface area contributed by atoms with Crippen LogP contribution in [0, 0.1) is 0 Å². The number of anilines is 2. The van der Waals surface area contributed by atoms with Crippen molar-refractivity contribution in [1.29, 1.82) is 0 Å². The van der Waals surface area contributed by atoms with Gasteiger partial charge < -0.3 is 5.73 Å². The Morgan fingerprint density at radius 1 is 1.43 bits per heavy atom. The molecule has 0 aliphatic heterocycles. The summed E-state index contributed by atoms with van der Waals surface area (Å²) in [6, 6.07) is 4.80. The predicted octanol–water partition coefficient (Wildman–Crippen LogP) is 0.907. The molecule has 1 rings (SSSR count). The molecule has 0 atom stereocenters. The van der Waals surface area contributed by atoms with Gasteiger partial charge in [0, 0.05) is 17.2 Å². The SMILES string of the molecule is CNS(=O)(=O)Nc1ccc(Br)c(N)c1. The van der Waals surface area contributed by atoms with Gasteiger partial charge in [0.25, 0.3) is 10.2 Å². The highest BCUT2D eigenvalue weighted by Gasteiger charge is 2.06. The highest BCUT2D eigenvalue weighted by molar-refractivity contribution is 9.10. The lowest BCUT2D eigenvalue weighted by Gasteiger charge is -2.07. The van der Waals surface area contributed by atoms with Crippen molar-refractivity contribution in [2.24, 2.45) is 0 Å². The van der Waals surface area contributed by atoms with Gasteiger partial charge in [0.1, 0.15) is 0 Å². The fourth-order valence-corrected chi connectivity index (χ4v) is 1.60. The zero-order valence-corrected chi connectivity index (χ0v) is 9.81. The van der Waals surface area contributed by atoms with E-state index in [2.05, 4.69) is 25.4 Å². The molecule has 0 spiro atoms. The van der Waals surface area contributed by atoms with Crippen molar-refractivity contribution in [2.45, 2.75) is 0 Å². The molecule has 0 aliphatic rings. The number of benzene rings is 1. The Labute approximate surface area is 91.0 Å². The molecule has 0 unspecified atom stereocenters. The molecule has 1 aromatic carbocycles. The van der Waals surface area contributed by atoms with E-state index in [-0.39, 0.29) is 0 Å². The van der Waals surface area contributed by atoms with Crippen LogP contribution in [0.5, 0.6) is 0 Å². The molecule has 0 bridgehead atoms. The summed E-state index contributed by atoms with van der Waals surface area (Å²) in [5.74, 6) is 0. The van der Waals surface area contributed by atoms with Gasteiger partial charge in [0.2, 0.25) is 0 Å². The van der Waals surface area contributed by atoms with Crippen LogP contribution < -0.4 is 15.2 Å². The molecule has 1 aromatic rings. The van der Waals surface area contributed by atoms with Crippen LogP contribution in [0.4, 0.5) is 11.4 Å². The number of nitrogen functional groups attached to an aromatic ring is 1. The molecule has 0 saturated carbocycles. The largest absolute Gasteiger partial charge is 0.398 e. The van der Waals surface area contributed by atoms with E-state index in [1.54, 1.807) is 12.1 Å². The van der Waals surface area contributed by atoms with E-state index >= 15 is 0 Å². The van der Waals surface area contributed by atoms with Crippen molar-refractivity contribution in [3.8, 4) is 0 Å². The lowest BCUT2D eigenvalue weighted by Crippen LogP contribution is -2.26. The number of halogens is 1. The number of nitrogens with two attached hydrogens (primary N) is 1. The highest BCUT2D eigenvalue weighted by atomic mass is 79.9. The van der Waals surface area contributed by atoms with Crippen LogP contribution in [0.25, 0.3) is 0 Å². The normalized spacial score (nSPS) is 11.3. The monoisotopic (exact) mass is 279 g/mol. The lowest BCUT2D eigenvalue weighted by molar-refractivity contribution is 0.593. The first-order valence-corrected chi connectivity index (χ1v) is 5.98. The van der Waals surface area contributed by atoms with Gasteiger partial charge in [-0.25, -0.2) is 4.72 Å². The first kappa shape index (κ1) is 11.3. The molecular weight excluding hydrogens is 270 g/mol. The van der Waals surface area contributed by atoms with Crippen LogP contribution >= 0.6 is 15.9 Å². The van der Waals surface area contributed by atoms with E-state index in [0.29, 0.717) is 11.4 Å². The Kier molecular flexibility index (Phi) is 3.35. The topological polar surface area (TPSA) is 84.2 Å². The van der Waals surface area contributed by atoms with Gasteiger partial charge in [-0.15, -0.1) is 0 Å². The van der Waals surface area contributed by atoms with Gasteiger partial charge in [0.15, 0.2) is 0 Å². The summed E-state index contributed by atoms with van der Waals surface area (Å²) in [4.78, 5) is 0. The van der Waals surface area contributed by atoms with Crippen LogP contribution in [-0.4, -0.2) is 15.5 Å². The van der Waals surface area contributed by atoms with E-state index in [0.717, 1.165) is 4.47 Å². The van der Waals surface area contributed by atoms with E-state index in [1.165, 1.54) is 13.1 Å². The molecule has 78 valence electrons. The third-order valence-electron chi connectivity index (χ3n) is 1.52. The van der Waals surface area contributed by atoms with Gasteiger partial charge in [-0.2, -0.15) is 8.42 Å². The molecule has 0 aliphatic carbocycles. The minimum atomic E-state index is -3.47. The summed E-state index contributed by atoms with van der Waals surface area (Å²) in [5, 5.41) is 0. The molecule has 7 heteroatoms. The van der Waals surface area contributed by atoms with Gasteiger partial charge in [-0.1, -0.05) is 0 Å². The second-order valence-corrected chi connectivity index (χ2v) is 5.02. The second kappa shape index (κ2) is 4.16. The Morgan fingerprint density at radius 3 is 2.57 bits per heavy atom. The molecule has 0 saturated heterocycles. The number of hydrogen-bond donors (Lipinski definition) is 3. The Balaban J connectivity index is 2.94. The van der Waals surface area contributed by atoms with Crippen LogP contribution in [0.3, 0.4) is 0 Å². The molecule has 14 heavy (non-hydrogen) atoms. The van der Waals surface area contributed by atoms with Crippen molar-refractivity contribution in [3.63, 3.8) is 0 Å². The van der Waals surface area contributed by atoms with Crippen molar-refractivity contribution in [2.75, 3.05) is 17.5 Å². The van der Waals surface area contributed by atoms with Crippen LogP contribution in [-0.2, 0) is 10.2 Å². The maximum absolute atomic E-state index is 11.1. The third-order valence-corrected chi connectivity index (χ3v) is 3.28. The summed E-state index contributed by atoms with van der Waals surface area (Å²) in [6.07, 6.45) is 0. The summed E-state index contributed by atoms with van der Waals surface area (Å²) in [6.45, 7) is 0. The molecule has 0 heterocycles. The summed E-state index contributed by atoms with van der Waals surface area (Å²) >= 11 is 3.21. The van der Waals surface area contributed by atoms with E-state index in [1.807, 2.05) is 0 Å². The van der Waals surface area contributed by atoms with Crippen LogP contribution in [0.1, 0.15) is 0 Å². The Morgan fingerprint density at radius 2 is 2.07 bits per heavy atom. The predicted molar refractivity (Wildman–Crippen MR) is 60.2 cm³/mol. The van der Waals surface area contributed by atoms with Crippen LogP contribution in [0.2, 0.25) is 0 Å². The maximum Gasteiger partial charge on any atom is 0.298 e. The van der Waals surface area contributed by atoms with E-state index < -0.39 is 10.2 Å². The van der Waals surface area contributed by atoms with Crippen LogP contribution in [0.15, 0.2) is 22.7 Å². The van der Waals surface area contributed by atoms with Crippen molar-refractivity contribution < 1.29 is 8.42 Å². The average Bonchev–Trinajstić information content (AvgIpc) is 2.11. The first-order chi connectivity index (χ1) is 6.44. The zero-order chi connectivity index (χ0) is 10.8. The molecule has 0 aromatic heterocycles.